The van der Waals surface area contributed by atoms with E-state index < -0.39 is 5.97 Å². The van der Waals surface area contributed by atoms with Gasteiger partial charge in [0.2, 0.25) is 0 Å². The van der Waals surface area contributed by atoms with Crippen molar-refractivity contribution in [1.82, 2.24) is 4.90 Å². The van der Waals surface area contributed by atoms with E-state index in [0.717, 1.165) is 36.8 Å². The van der Waals surface area contributed by atoms with Crippen molar-refractivity contribution in [2.24, 2.45) is 0 Å². The summed E-state index contributed by atoms with van der Waals surface area (Å²) >= 11 is 0. The van der Waals surface area contributed by atoms with Crippen LogP contribution in [-0.4, -0.2) is 35.0 Å². The van der Waals surface area contributed by atoms with Gasteiger partial charge in [0.1, 0.15) is 0 Å². The van der Waals surface area contributed by atoms with Gasteiger partial charge < -0.3 is 10.0 Å². The van der Waals surface area contributed by atoms with Crippen molar-refractivity contribution in [3.63, 3.8) is 0 Å². The number of fused-ring (bicyclic) bond motifs is 2. The highest BCUT2D eigenvalue weighted by molar-refractivity contribution is 5.98. The SMILES string of the molecule is N#CC1(c2ccc3c(c2)C2(CC2)CN(CCC(=O)O)C3=O)CC1. The maximum absolute atomic E-state index is 12.7. The molecule has 118 valence electrons. The number of benzene rings is 1. The minimum Gasteiger partial charge on any atom is -0.481 e. The smallest absolute Gasteiger partial charge is 0.305 e. The second kappa shape index (κ2) is 4.58. The van der Waals surface area contributed by atoms with E-state index in [4.69, 9.17) is 5.11 Å². The van der Waals surface area contributed by atoms with Crippen LogP contribution in [0.15, 0.2) is 18.2 Å². The molecule has 2 fully saturated rings. The van der Waals surface area contributed by atoms with Gasteiger partial charge in [-0.05, 0) is 42.9 Å². The molecular weight excluding hydrogens is 292 g/mol. The van der Waals surface area contributed by atoms with Gasteiger partial charge in [-0.1, -0.05) is 12.1 Å². The summed E-state index contributed by atoms with van der Waals surface area (Å²) in [6, 6.07) is 8.24. The molecule has 23 heavy (non-hydrogen) atoms. The lowest BCUT2D eigenvalue weighted by molar-refractivity contribution is -0.137. The molecule has 5 nitrogen and oxygen atoms in total. The third-order valence-corrected chi connectivity index (χ3v) is 5.57. The molecule has 0 bridgehead atoms. The fourth-order valence-electron chi connectivity index (χ4n) is 3.74. The molecule has 1 aromatic rings. The van der Waals surface area contributed by atoms with Crippen molar-refractivity contribution >= 4 is 11.9 Å². The van der Waals surface area contributed by atoms with E-state index in [9.17, 15) is 14.9 Å². The van der Waals surface area contributed by atoms with Gasteiger partial charge in [0.05, 0.1) is 17.9 Å². The largest absolute Gasteiger partial charge is 0.481 e. The molecule has 0 aromatic heterocycles. The molecule has 3 aliphatic rings. The molecule has 1 heterocycles. The average molecular weight is 310 g/mol. The molecule has 1 aromatic carbocycles. The summed E-state index contributed by atoms with van der Waals surface area (Å²) in [6.07, 6.45) is 3.83. The van der Waals surface area contributed by atoms with Gasteiger partial charge in [0, 0.05) is 24.1 Å². The molecular formula is C18H18N2O3. The molecule has 1 amide bonds. The zero-order chi connectivity index (χ0) is 16.2. The standard InChI is InChI=1S/C18H18N2O3/c19-10-17(4-5-17)12-1-2-13-14(9-12)18(6-7-18)11-20(16(13)23)8-3-15(21)22/h1-2,9H,3-8,11H2,(H,21,22). The number of carboxylic acid groups (broad SMARTS) is 1. The molecule has 4 rings (SSSR count). The minimum atomic E-state index is -0.881. The fourth-order valence-corrected chi connectivity index (χ4v) is 3.74. The third-order valence-electron chi connectivity index (χ3n) is 5.57. The Morgan fingerprint density at radius 2 is 2.04 bits per heavy atom. The zero-order valence-electron chi connectivity index (χ0n) is 12.8. The van der Waals surface area contributed by atoms with E-state index in [1.165, 1.54) is 0 Å². The van der Waals surface area contributed by atoms with Gasteiger partial charge in [-0.25, -0.2) is 0 Å². The van der Waals surface area contributed by atoms with E-state index in [0.29, 0.717) is 12.1 Å². The first-order valence-corrected chi connectivity index (χ1v) is 8.07. The van der Waals surface area contributed by atoms with Crippen LogP contribution in [0.4, 0.5) is 0 Å². The highest BCUT2D eigenvalue weighted by Crippen LogP contribution is 2.55. The van der Waals surface area contributed by atoms with Crippen LogP contribution in [-0.2, 0) is 15.6 Å². The normalized spacial score (nSPS) is 22.4. The molecule has 0 atom stereocenters. The Morgan fingerprint density at radius 3 is 2.61 bits per heavy atom. The summed E-state index contributed by atoms with van der Waals surface area (Å²) in [5, 5.41) is 18.3. The van der Waals surface area contributed by atoms with Crippen LogP contribution in [0.25, 0.3) is 0 Å². The Bertz CT molecular complexity index is 754. The van der Waals surface area contributed by atoms with Gasteiger partial charge >= 0.3 is 5.97 Å². The van der Waals surface area contributed by atoms with Gasteiger partial charge in [-0.3, -0.25) is 9.59 Å². The molecule has 2 saturated carbocycles. The van der Waals surface area contributed by atoms with E-state index in [-0.39, 0.29) is 29.7 Å². The number of amides is 1. The van der Waals surface area contributed by atoms with Gasteiger partial charge in [0.15, 0.2) is 0 Å². The number of carboxylic acids is 1. The highest BCUT2D eigenvalue weighted by Gasteiger charge is 2.53. The summed E-state index contributed by atoms with van der Waals surface area (Å²) < 4.78 is 0. The number of aliphatic carboxylic acids is 1. The lowest BCUT2D eigenvalue weighted by Gasteiger charge is -2.35. The van der Waals surface area contributed by atoms with E-state index in [1.54, 1.807) is 4.90 Å². The zero-order valence-corrected chi connectivity index (χ0v) is 12.8. The third kappa shape index (κ3) is 2.13. The summed E-state index contributed by atoms with van der Waals surface area (Å²) in [7, 11) is 0. The number of nitriles is 1. The monoisotopic (exact) mass is 310 g/mol. The second-order valence-electron chi connectivity index (χ2n) is 7.11. The Balaban J connectivity index is 1.69. The number of hydrogen-bond acceptors (Lipinski definition) is 3. The Labute approximate surface area is 134 Å². The van der Waals surface area contributed by atoms with E-state index >= 15 is 0 Å². The topological polar surface area (TPSA) is 81.4 Å². The molecule has 2 aliphatic carbocycles. The molecule has 0 radical (unpaired) electrons. The number of hydrogen-bond donors (Lipinski definition) is 1. The quantitative estimate of drug-likeness (QED) is 0.924. The number of rotatable bonds is 4. The predicted octanol–water partition coefficient (Wildman–Crippen LogP) is 2.20. The number of carbonyl (C=O) groups is 2. The summed E-state index contributed by atoms with van der Waals surface area (Å²) in [4.78, 5) is 25.1. The van der Waals surface area contributed by atoms with Crippen LogP contribution < -0.4 is 0 Å². The van der Waals surface area contributed by atoms with E-state index in [1.807, 2.05) is 12.1 Å². The van der Waals surface area contributed by atoms with E-state index in [2.05, 4.69) is 12.1 Å². The maximum atomic E-state index is 12.7. The van der Waals surface area contributed by atoms with Crippen LogP contribution >= 0.6 is 0 Å². The van der Waals surface area contributed by atoms with Crippen LogP contribution in [0.1, 0.15) is 53.6 Å². The predicted molar refractivity (Wildman–Crippen MR) is 82.0 cm³/mol. The molecule has 1 aliphatic heterocycles. The highest BCUT2D eigenvalue weighted by atomic mass is 16.4. The van der Waals surface area contributed by atoms with Gasteiger partial charge in [0.25, 0.3) is 5.91 Å². The first kappa shape index (κ1) is 14.3. The minimum absolute atomic E-state index is 0.0106. The molecule has 0 saturated heterocycles. The van der Waals surface area contributed by atoms with Crippen molar-refractivity contribution in [2.45, 2.75) is 42.9 Å². The van der Waals surface area contributed by atoms with Crippen molar-refractivity contribution in [3.8, 4) is 6.07 Å². The Hall–Kier alpha value is -2.35. The number of carbonyl (C=O) groups excluding carboxylic acids is 1. The van der Waals surface area contributed by atoms with Crippen molar-refractivity contribution in [1.29, 1.82) is 5.26 Å². The molecule has 1 spiro atoms. The first-order chi connectivity index (χ1) is 11.0. The Kier molecular flexibility index (Phi) is 2.84. The summed E-state index contributed by atoms with van der Waals surface area (Å²) in [5.74, 6) is -0.958. The lowest BCUT2D eigenvalue weighted by Crippen LogP contribution is -2.44. The molecule has 0 unspecified atom stereocenters. The molecule has 5 heteroatoms. The van der Waals surface area contributed by atoms with Gasteiger partial charge in [-0.15, -0.1) is 0 Å². The van der Waals surface area contributed by atoms with Crippen LogP contribution in [0, 0.1) is 11.3 Å². The van der Waals surface area contributed by atoms with Crippen molar-refractivity contribution in [2.75, 3.05) is 13.1 Å². The van der Waals surface area contributed by atoms with Crippen molar-refractivity contribution in [3.05, 3.63) is 34.9 Å². The summed E-state index contributed by atoms with van der Waals surface area (Å²) in [5.41, 5.74) is 2.46. The fraction of sp³-hybridized carbons (Fsp3) is 0.500. The van der Waals surface area contributed by atoms with Crippen LogP contribution in [0.3, 0.4) is 0 Å². The van der Waals surface area contributed by atoms with Crippen molar-refractivity contribution < 1.29 is 14.7 Å². The molecule has 1 N–H and O–H groups in total. The first-order valence-electron chi connectivity index (χ1n) is 8.07. The van der Waals surface area contributed by atoms with Crippen LogP contribution in [0.2, 0.25) is 0 Å². The maximum Gasteiger partial charge on any atom is 0.305 e. The van der Waals surface area contributed by atoms with Crippen LogP contribution in [0.5, 0.6) is 0 Å². The summed E-state index contributed by atoms with van der Waals surface area (Å²) in [6.45, 7) is 0.869. The number of nitrogens with zero attached hydrogens (tertiary/aromatic N) is 2. The lowest BCUT2D eigenvalue weighted by atomic mass is 9.83. The Morgan fingerprint density at radius 1 is 1.30 bits per heavy atom. The second-order valence-corrected chi connectivity index (χ2v) is 7.11. The average Bonchev–Trinajstić information content (AvgIpc) is 3.45. The van der Waals surface area contributed by atoms with Gasteiger partial charge in [-0.2, -0.15) is 5.26 Å².